The van der Waals surface area contributed by atoms with E-state index >= 15 is 0 Å². The Morgan fingerprint density at radius 2 is 2.33 bits per heavy atom. The highest BCUT2D eigenvalue weighted by Gasteiger charge is 2.30. The van der Waals surface area contributed by atoms with Gasteiger partial charge < -0.3 is 9.64 Å². The fourth-order valence-electron chi connectivity index (χ4n) is 2.32. The first-order chi connectivity index (χ1) is 7.31. The zero-order chi connectivity index (χ0) is 10.7. The van der Waals surface area contributed by atoms with E-state index in [1.54, 1.807) is 4.90 Å². The summed E-state index contributed by atoms with van der Waals surface area (Å²) in [5.41, 5.74) is 0. The number of likely N-dealkylation sites (tertiary alicyclic amines) is 1. The van der Waals surface area contributed by atoms with E-state index in [1.165, 1.54) is 0 Å². The Morgan fingerprint density at radius 1 is 1.47 bits per heavy atom. The van der Waals surface area contributed by atoms with Crippen LogP contribution < -0.4 is 0 Å². The molecule has 2 atom stereocenters. The highest BCUT2D eigenvalue weighted by Crippen LogP contribution is 2.21. The second-order valence-electron chi connectivity index (χ2n) is 4.21. The number of amides is 1. The van der Waals surface area contributed by atoms with Crippen LogP contribution in [0.15, 0.2) is 0 Å². The third-order valence-corrected chi connectivity index (χ3v) is 3.15. The zero-order valence-corrected chi connectivity index (χ0v) is 8.82. The second kappa shape index (κ2) is 4.63. The second-order valence-corrected chi connectivity index (χ2v) is 4.21. The Balaban J connectivity index is 1.87. The summed E-state index contributed by atoms with van der Waals surface area (Å²) in [5, 5.41) is 8.87. The summed E-state index contributed by atoms with van der Waals surface area (Å²) in [5.74, 6) is 0.0888. The SMILES string of the molecule is N#CC1CCCN1C(=O)CC1CCCO1. The Bertz CT molecular complexity index is 279. The minimum Gasteiger partial charge on any atom is -0.378 e. The van der Waals surface area contributed by atoms with E-state index < -0.39 is 0 Å². The monoisotopic (exact) mass is 208 g/mol. The van der Waals surface area contributed by atoms with Gasteiger partial charge in [-0.3, -0.25) is 4.79 Å². The van der Waals surface area contributed by atoms with E-state index in [0.717, 1.165) is 38.8 Å². The minimum atomic E-state index is -0.195. The van der Waals surface area contributed by atoms with Crippen LogP contribution in [0.25, 0.3) is 0 Å². The lowest BCUT2D eigenvalue weighted by molar-refractivity contribution is -0.133. The van der Waals surface area contributed by atoms with Gasteiger partial charge in [0.15, 0.2) is 0 Å². The van der Waals surface area contributed by atoms with Crippen LogP contribution in [-0.2, 0) is 9.53 Å². The fraction of sp³-hybridized carbons (Fsp3) is 0.818. The van der Waals surface area contributed by atoms with Crippen molar-refractivity contribution in [2.45, 2.75) is 44.2 Å². The number of hydrogen-bond acceptors (Lipinski definition) is 3. The summed E-state index contributed by atoms with van der Waals surface area (Å²) < 4.78 is 5.42. The van der Waals surface area contributed by atoms with Crippen LogP contribution in [0.2, 0.25) is 0 Å². The van der Waals surface area contributed by atoms with E-state index in [2.05, 4.69) is 6.07 Å². The molecule has 0 radical (unpaired) electrons. The largest absolute Gasteiger partial charge is 0.378 e. The summed E-state index contributed by atoms with van der Waals surface area (Å²) in [4.78, 5) is 13.6. The van der Waals surface area contributed by atoms with Crippen molar-refractivity contribution in [3.8, 4) is 6.07 Å². The van der Waals surface area contributed by atoms with Crippen molar-refractivity contribution >= 4 is 5.91 Å². The maximum atomic E-state index is 11.9. The van der Waals surface area contributed by atoms with E-state index in [4.69, 9.17) is 10.00 Å². The number of nitriles is 1. The van der Waals surface area contributed by atoms with Crippen molar-refractivity contribution in [2.75, 3.05) is 13.2 Å². The molecule has 2 aliphatic heterocycles. The molecule has 0 spiro atoms. The predicted molar refractivity (Wildman–Crippen MR) is 53.9 cm³/mol. The first-order valence-electron chi connectivity index (χ1n) is 5.62. The van der Waals surface area contributed by atoms with Crippen LogP contribution >= 0.6 is 0 Å². The number of carbonyl (C=O) groups excluding carboxylic acids is 1. The topological polar surface area (TPSA) is 53.3 Å². The van der Waals surface area contributed by atoms with Gasteiger partial charge in [-0.15, -0.1) is 0 Å². The van der Waals surface area contributed by atoms with Crippen molar-refractivity contribution in [3.63, 3.8) is 0 Å². The normalized spacial score (nSPS) is 30.5. The number of hydrogen-bond donors (Lipinski definition) is 0. The van der Waals surface area contributed by atoms with Crippen molar-refractivity contribution in [1.82, 2.24) is 4.90 Å². The Morgan fingerprint density at radius 3 is 3.00 bits per heavy atom. The maximum Gasteiger partial charge on any atom is 0.226 e. The Hall–Kier alpha value is -1.08. The Labute approximate surface area is 89.8 Å². The lowest BCUT2D eigenvalue weighted by Crippen LogP contribution is -2.36. The maximum absolute atomic E-state index is 11.9. The summed E-state index contributed by atoms with van der Waals surface area (Å²) in [6, 6.07) is 1.99. The first kappa shape index (κ1) is 10.4. The van der Waals surface area contributed by atoms with Crippen LogP contribution in [0.5, 0.6) is 0 Å². The molecule has 15 heavy (non-hydrogen) atoms. The number of nitrogens with zero attached hydrogens (tertiary/aromatic N) is 2. The minimum absolute atomic E-state index is 0.0888. The lowest BCUT2D eigenvalue weighted by Gasteiger charge is -2.21. The molecule has 4 nitrogen and oxygen atoms in total. The molecular formula is C11H16N2O2. The van der Waals surface area contributed by atoms with Gasteiger partial charge in [0, 0.05) is 13.2 Å². The molecule has 0 saturated carbocycles. The molecule has 0 aliphatic carbocycles. The van der Waals surface area contributed by atoms with Crippen LogP contribution in [0.1, 0.15) is 32.1 Å². The molecule has 0 bridgehead atoms. The molecule has 1 amide bonds. The third-order valence-electron chi connectivity index (χ3n) is 3.15. The quantitative estimate of drug-likeness (QED) is 0.682. The standard InChI is InChI=1S/C11H16N2O2/c12-8-9-3-1-5-13(9)11(14)7-10-4-2-6-15-10/h9-10H,1-7H2. The molecule has 2 fully saturated rings. The van der Waals surface area contributed by atoms with Gasteiger partial charge in [-0.2, -0.15) is 5.26 Å². The molecule has 2 heterocycles. The molecule has 0 aromatic carbocycles. The zero-order valence-electron chi connectivity index (χ0n) is 8.82. The molecular weight excluding hydrogens is 192 g/mol. The molecule has 0 aromatic heterocycles. The van der Waals surface area contributed by atoms with Crippen molar-refractivity contribution in [1.29, 1.82) is 5.26 Å². The molecule has 2 rings (SSSR count). The van der Waals surface area contributed by atoms with E-state index in [9.17, 15) is 4.79 Å². The molecule has 82 valence electrons. The molecule has 4 heteroatoms. The molecule has 0 aromatic rings. The van der Waals surface area contributed by atoms with Crippen LogP contribution in [-0.4, -0.2) is 36.1 Å². The lowest BCUT2D eigenvalue weighted by atomic mass is 10.1. The molecule has 2 unspecified atom stereocenters. The summed E-state index contributed by atoms with van der Waals surface area (Å²) in [6.45, 7) is 1.52. The molecule has 0 N–H and O–H groups in total. The van der Waals surface area contributed by atoms with Gasteiger partial charge in [-0.25, -0.2) is 0 Å². The van der Waals surface area contributed by atoms with Crippen molar-refractivity contribution in [2.24, 2.45) is 0 Å². The number of carbonyl (C=O) groups is 1. The van der Waals surface area contributed by atoms with Gasteiger partial charge in [0.25, 0.3) is 0 Å². The average Bonchev–Trinajstić information content (AvgIpc) is 2.86. The van der Waals surface area contributed by atoms with Gasteiger partial charge in [0.1, 0.15) is 6.04 Å². The fourth-order valence-corrected chi connectivity index (χ4v) is 2.32. The van der Waals surface area contributed by atoms with E-state index in [0.29, 0.717) is 6.42 Å². The summed E-state index contributed by atoms with van der Waals surface area (Å²) >= 11 is 0. The summed E-state index contributed by atoms with van der Waals surface area (Å²) in [6.07, 6.45) is 4.37. The van der Waals surface area contributed by atoms with Crippen LogP contribution in [0, 0.1) is 11.3 Å². The van der Waals surface area contributed by atoms with Crippen LogP contribution in [0.4, 0.5) is 0 Å². The summed E-state index contributed by atoms with van der Waals surface area (Å²) in [7, 11) is 0. The van der Waals surface area contributed by atoms with Gasteiger partial charge in [0.05, 0.1) is 18.6 Å². The number of rotatable bonds is 2. The first-order valence-corrected chi connectivity index (χ1v) is 5.62. The average molecular weight is 208 g/mol. The van der Waals surface area contributed by atoms with Gasteiger partial charge >= 0.3 is 0 Å². The van der Waals surface area contributed by atoms with Crippen molar-refractivity contribution in [3.05, 3.63) is 0 Å². The Kier molecular flexibility index (Phi) is 3.22. The van der Waals surface area contributed by atoms with Crippen LogP contribution in [0.3, 0.4) is 0 Å². The molecule has 2 saturated heterocycles. The highest BCUT2D eigenvalue weighted by molar-refractivity contribution is 5.77. The van der Waals surface area contributed by atoms with Gasteiger partial charge in [-0.05, 0) is 25.7 Å². The molecule has 2 aliphatic rings. The van der Waals surface area contributed by atoms with E-state index in [-0.39, 0.29) is 18.1 Å². The number of ether oxygens (including phenoxy) is 1. The van der Waals surface area contributed by atoms with Gasteiger partial charge in [0.2, 0.25) is 5.91 Å². The van der Waals surface area contributed by atoms with Crippen molar-refractivity contribution < 1.29 is 9.53 Å². The smallest absolute Gasteiger partial charge is 0.226 e. The third kappa shape index (κ3) is 2.29. The highest BCUT2D eigenvalue weighted by atomic mass is 16.5. The van der Waals surface area contributed by atoms with E-state index in [1.807, 2.05) is 0 Å². The predicted octanol–water partition coefficient (Wildman–Crippen LogP) is 1.07. The van der Waals surface area contributed by atoms with Gasteiger partial charge in [-0.1, -0.05) is 0 Å².